The van der Waals surface area contributed by atoms with Crippen molar-refractivity contribution in [1.29, 1.82) is 0 Å². The van der Waals surface area contributed by atoms with Gasteiger partial charge in [-0.05, 0) is 60.7 Å². The smallest absolute Gasteiger partial charge is 0.347 e. The molecule has 0 saturated carbocycles. The number of hydrogen-bond donors (Lipinski definition) is 2. The van der Waals surface area contributed by atoms with Gasteiger partial charge in [0.15, 0.2) is 0 Å². The summed E-state index contributed by atoms with van der Waals surface area (Å²) in [7, 11) is 0. The summed E-state index contributed by atoms with van der Waals surface area (Å²) >= 11 is 0. The Bertz CT molecular complexity index is 1280. The molecule has 0 atom stereocenters. The molecule has 1 heterocycles. The average Bonchev–Trinajstić information content (AvgIpc) is 3.20. The fourth-order valence-corrected chi connectivity index (χ4v) is 2.89. The summed E-state index contributed by atoms with van der Waals surface area (Å²) in [6.07, 6.45) is 1.33. The van der Waals surface area contributed by atoms with Gasteiger partial charge in [-0.3, -0.25) is 4.79 Å². The molecule has 1 amide bonds. The van der Waals surface area contributed by atoms with E-state index in [-0.39, 0.29) is 17.7 Å². The zero-order chi connectivity index (χ0) is 21.8. The number of nitrogens with zero attached hydrogens (tertiary/aromatic N) is 2. The lowest BCUT2D eigenvalue weighted by Crippen LogP contribution is -2.15. The van der Waals surface area contributed by atoms with Crippen LogP contribution < -0.4 is 15.7 Å². The Hall–Kier alpha value is -4.27. The van der Waals surface area contributed by atoms with Gasteiger partial charge in [0.05, 0.1) is 5.69 Å². The number of nitrogens with one attached hydrogen (secondary N) is 2. The van der Waals surface area contributed by atoms with Crippen molar-refractivity contribution in [1.82, 2.24) is 14.8 Å². The summed E-state index contributed by atoms with van der Waals surface area (Å²) in [6, 6.07) is 15.9. The molecule has 0 aliphatic heterocycles. The van der Waals surface area contributed by atoms with E-state index >= 15 is 0 Å². The van der Waals surface area contributed by atoms with E-state index in [1.54, 1.807) is 24.3 Å². The van der Waals surface area contributed by atoms with Crippen molar-refractivity contribution in [2.75, 3.05) is 5.32 Å². The van der Waals surface area contributed by atoms with E-state index in [0.717, 1.165) is 0 Å². The molecule has 156 valence electrons. The molecule has 0 bridgehead atoms. The van der Waals surface area contributed by atoms with Gasteiger partial charge in [-0.25, -0.2) is 23.2 Å². The summed E-state index contributed by atoms with van der Waals surface area (Å²) in [5.74, 6) is -1.01. The van der Waals surface area contributed by atoms with Gasteiger partial charge in [0.25, 0.3) is 5.91 Å². The van der Waals surface area contributed by atoms with Gasteiger partial charge >= 0.3 is 5.69 Å². The van der Waals surface area contributed by atoms with Gasteiger partial charge in [-0.2, -0.15) is 5.10 Å². The molecule has 4 rings (SSSR count). The topological polar surface area (TPSA) is 89.0 Å². The second-order valence-corrected chi connectivity index (χ2v) is 6.58. The zero-order valence-electron chi connectivity index (χ0n) is 16.0. The first-order chi connectivity index (χ1) is 15.0. The van der Waals surface area contributed by atoms with Crippen molar-refractivity contribution in [2.45, 2.75) is 6.61 Å². The van der Waals surface area contributed by atoms with Crippen LogP contribution in [0.5, 0.6) is 5.75 Å². The Labute approximate surface area is 174 Å². The average molecular weight is 422 g/mol. The molecule has 0 spiro atoms. The van der Waals surface area contributed by atoms with Crippen molar-refractivity contribution in [3.63, 3.8) is 0 Å². The van der Waals surface area contributed by atoms with Crippen LogP contribution in [0.1, 0.15) is 15.9 Å². The van der Waals surface area contributed by atoms with Crippen LogP contribution in [-0.4, -0.2) is 20.7 Å². The second kappa shape index (κ2) is 8.62. The van der Waals surface area contributed by atoms with Crippen LogP contribution in [-0.2, 0) is 6.61 Å². The van der Waals surface area contributed by atoms with Crippen molar-refractivity contribution in [3.8, 4) is 11.4 Å². The molecule has 0 fully saturated rings. The lowest BCUT2D eigenvalue weighted by Gasteiger charge is -2.10. The Kier molecular flexibility index (Phi) is 5.57. The normalized spacial score (nSPS) is 10.6. The maximum atomic E-state index is 14.2. The Morgan fingerprint density at radius 1 is 1.06 bits per heavy atom. The molecule has 7 nitrogen and oxygen atoms in total. The van der Waals surface area contributed by atoms with Crippen LogP contribution in [0.25, 0.3) is 5.69 Å². The van der Waals surface area contributed by atoms with Gasteiger partial charge in [0, 0.05) is 16.8 Å². The minimum Gasteiger partial charge on any atom is -0.489 e. The lowest BCUT2D eigenvalue weighted by molar-refractivity contribution is 0.102. The molecule has 0 aliphatic rings. The number of H-pyrrole nitrogens is 1. The second-order valence-electron chi connectivity index (χ2n) is 6.58. The predicted octanol–water partition coefficient (Wildman–Crippen LogP) is 3.67. The number of aromatic nitrogens is 3. The Morgan fingerprint density at radius 2 is 1.87 bits per heavy atom. The Morgan fingerprint density at radius 3 is 2.61 bits per heavy atom. The quantitative estimate of drug-likeness (QED) is 0.496. The molecular formula is C22H16F2N4O3. The number of benzene rings is 3. The third-order valence-electron chi connectivity index (χ3n) is 4.45. The molecule has 1 aromatic heterocycles. The standard InChI is InChI=1S/C22H16F2N4O3/c23-16-5-7-19(8-6-16)31-12-15-10-14(4-9-20(15)24)21(29)26-17-2-1-3-18(11-17)28-13-25-27-22(28)30/h1-11,13H,12H2,(H,26,29)(H,27,30). The highest BCUT2D eigenvalue weighted by Crippen LogP contribution is 2.18. The lowest BCUT2D eigenvalue weighted by atomic mass is 10.1. The molecule has 9 heteroatoms. The highest BCUT2D eigenvalue weighted by molar-refractivity contribution is 6.04. The molecule has 0 unspecified atom stereocenters. The van der Waals surface area contributed by atoms with E-state index in [9.17, 15) is 18.4 Å². The molecule has 4 aromatic rings. The van der Waals surface area contributed by atoms with Gasteiger partial charge < -0.3 is 10.1 Å². The van der Waals surface area contributed by atoms with Crippen molar-refractivity contribution >= 4 is 11.6 Å². The van der Waals surface area contributed by atoms with Crippen LogP contribution in [0.15, 0.2) is 77.9 Å². The summed E-state index contributed by atoms with van der Waals surface area (Å²) in [5, 5.41) is 8.68. The van der Waals surface area contributed by atoms with E-state index in [0.29, 0.717) is 17.1 Å². The monoisotopic (exact) mass is 422 g/mol. The molecule has 0 saturated heterocycles. The molecule has 0 radical (unpaired) electrons. The molecule has 3 aromatic carbocycles. The molecular weight excluding hydrogens is 406 g/mol. The van der Waals surface area contributed by atoms with E-state index < -0.39 is 23.2 Å². The fourth-order valence-electron chi connectivity index (χ4n) is 2.89. The number of carbonyl (C=O) groups excluding carboxylic acids is 1. The minimum atomic E-state index is -0.528. The number of amides is 1. The largest absolute Gasteiger partial charge is 0.489 e. The van der Waals surface area contributed by atoms with E-state index in [4.69, 9.17) is 4.74 Å². The first kappa shape index (κ1) is 20.0. The summed E-state index contributed by atoms with van der Waals surface area (Å²) < 4.78 is 33.9. The van der Waals surface area contributed by atoms with E-state index in [1.807, 2.05) is 0 Å². The number of aromatic amines is 1. The van der Waals surface area contributed by atoms with E-state index in [2.05, 4.69) is 15.5 Å². The highest BCUT2D eigenvalue weighted by Gasteiger charge is 2.12. The van der Waals surface area contributed by atoms with Crippen LogP contribution in [0.3, 0.4) is 0 Å². The molecule has 2 N–H and O–H groups in total. The van der Waals surface area contributed by atoms with Crippen molar-refractivity contribution in [2.24, 2.45) is 0 Å². The van der Waals surface area contributed by atoms with E-state index in [1.165, 1.54) is 53.4 Å². The third kappa shape index (κ3) is 4.67. The van der Waals surface area contributed by atoms with Gasteiger partial charge in [-0.15, -0.1) is 0 Å². The van der Waals surface area contributed by atoms with Crippen molar-refractivity contribution < 1.29 is 18.3 Å². The van der Waals surface area contributed by atoms with Crippen LogP contribution in [0.2, 0.25) is 0 Å². The number of halogens is 2. The molecule has 0 aliphatic carbocycles. The maximum absolute atomic E-state index is 14.2. The molecule has 31 heavy (non-hydrogen) atoms. The van der Waals surface area contributed by atoms with Crippen molar-refractivity contribution in [3.05, 3.63) is 106 Å². The SMILES string of the molecule is O=C(Nc1cccc(-n2cn[nH]c2=O)c1)c1ccc(F)c(COc2ccc(F)cc2)c1. The summed E-state index contributed by atoms with van der Waals surface area (Å²) in [6.45, 7) is -0.128. The fraction of sp³-hybridized carbons (Fsp3) is 0.0455. The number of hydrogen-bond acceptors (Lipinski definition) is 4. The van der Waals surface area contributed by atoms with Crippen LogP contribution >= 0.6 is 0 Å². The van der Waals surface area contributed by atoms with Crippen LogP contribution in [0, 0.1) is 11.6 Å². The highest BCUT2D eigenvalue weighted by atomic mass is 19.1. The zero-order valence-corrected chi connectivity index (χ0v) is 16.0. The first-order valence-corrected chi connectivity index (χ1v) is 9.20. The predicted molar refractivity (Wildman–Crippen MR) is 109 cm³/mol. The number of rotatable bonds is 6. The number of carbonyl (C=O) groups is 1. The van der Waals surface area contributed by atoms with Gasteiger partial charge in [0.1, 0.15) is 30.3 Å². The first-order valence-electron chi connectivity index (χ1n) is 9.20. The summed E-state index contributed by atoms with van der Waals surface area (Å²) in [5.41, 5.74) is 0.960. The summed E-state index contributed by atoms with van der Waals surface area (Å²) in [4.78, 5) is 24.4. The number of anilines is 1. The maximum Gasteiger partial charge on any atom is 0.347 e. The van der Waals surface area contributed by atoms with Crippen LogP contribution in [0.4, 0.5) is 14.5 Å². The van der Waals surface area contributed by atoms with Gasteiger partial charge in [-0.1, -0.05) is 6.07 Å². The number of ether oxygens (including phenoxy) is 1. The minimum absolute atomic E-state index is 0.128. The van der Waals surface area contributed by atoms with Gasteiger partial charge in [0.2, 0.25) is 0 Å². The third-order valence-corrected chi connectivity index (χ3v) is 4.45. The Balaban J connectivity index is 1.49.